The number of amidine groups is 1. The smallest absolute Gasteiger partial charge is 0.0947 e. The number of aliphatic hydroxyl groups is 1. The lowest BCUT2D eigenvalue weighted by molar-refractivity contribution is 0.0797. The molecule has 0 aromatic heterocycles. The van der Waals surface area contributed by atoms with Crippen LogP contribution in [-0.2, 0) is 0 Å². The molecule has 0 bridgehead atoms. The van der Waals surface area contributed by atoms with E-state index in [0.29, 0.717) is 0 Å². The SMILES string of the molecule is CC(CN1CCC(O)CC1)C(=N)N. The van der Waals surface area contributed by atoms with Crippen molar-refractivity contribution in [1.82, 2.24) is 4.90 Å². The van der Waals surface area contributed by atoms with Gasteiger partial charge in [0.15, 0.2) is 0 Å². The van der Waals surface area contributed by atoms with Crippen LogP contribution in [0.3, 0.4) is 0 Å². The molecule has 1 aliphatic heterocycles. The van der Waals surface area contributed by atoms with Crippen molar-refractivity contribution in [3.05, 3.63) is 0 Å². The minimum atomic E-state index is -0.121. The molecule has 76 valence electrons. The van der Waals surface area contributed by atoms with E-state index in [9.17, 15) is 5.11 Å². The van der Waals surface area contributed by atoms with Crippen LogP contribution in [0.5, 0.6) is 0 Å². The van der Waals surface area contributed by atoms with Gasteiger partial charge in [-0.3, -0.25) is 5.41 Å². The highest BCUT2D eigenvalue weighted by Gasteiger charge is 2.19. The highest BCUT2D eigenvalue weighted by atomic mass is 16.3. The Morgan fingerprint density at radius 1 is 1.62 bits per heavy atom. The fourth-order valence-electron chi connectivity index (χ4n) is 1.59. The second-order valence-electron chi connectivity index (χ2n) is 3.89. The van der Waals surface area contributed by atoms with Crippen LogP contribution >= 0.6 is 0 Å². The maximum Gasteiger partial charge on any atom is 0.0947 e. The zero-order valence-corrected chi connectivity index (χ0v) is 8.16. The standard InChI is InChI=1S/C9H19N3O/c1-7(9(10)11)6-12-4-2-8(13)3-5-12/h7-8,13H,2-6H2,1H3,(H3,10,11). The van der Waals surface area contributed by atoms with Gasteiger partial charge in [-0.25, -0.2) is 0 Å². The molecule has 4 N–H and O–H groups in total. The number of hydrogen-bond donors (Lipinski definition) is 3. The largest absolute Gasteiger partial charge is 0.393 e. The van der Waals surface area contributed by atoms with Gasteiger partial charge in [0, 0.05) is 25.6 Å². The molecule has 4 heteroatoms. The van der Waals surface area contributed by atoms with E-state index in [1.165, 1.54) is 0 Å². The highest BCUT2D eigenvalue weighted by molar-refractivity contribution is 5.79. The Morgan fingerprint density at radius 3 is 2.62 bits per heavy atom. The molecule has 0 aromatic carbocycles. The molecule has 1 rings (SSSR count). The van der Waals surface area contributed by atoms with Gasteiger partial charge < -0.3 is 15.7 Å². The number of nitrogens with one attached hydrogen (secondary N) is 1. The first-order valence-electron chi connectivity index (χ1n) is 4.84. The Kier molecular flexibility index (Phi) is 3.69. The van der Waals surface area contributed by atoms with Crippen molar-refractivity contribution in [2.45, 2.75) is 25.9 Å². The van der Waals surface area contributed by atoms with Crippen LogP contribution in [0.25, 0.3) is 0 Å². The monoisotopic (exact) mass is 185 g/mol. The third-order valence-corrected chi connectivity index (χ3v) is 2.62. The number of hydrogen-bond acceptors (Lipinski definition) is 3. The Labute approximate surface area is 79.2 Å². The summed E-state index contributed by atoms with van der Waals surface area (Å²) in [4.78, 5) is 2.26. The van der Waals surface area contributed by atoms with Gasteiger partial charge in [0.2, 0.25) is 0 Å². The van der Waals surface area contributed by atoms with Crippen molar-refractivity contribution in [3.8, 4) is 0 Å². The quantitative estimate of drug-likeness (QED) is 0.428. The van der Waals surface area contributed by atoms with E-state index in [1.807, 2.05) is 6.92 Å². The van der Waals surface area contributed by atoms with E-state index >= 15 is 0 Å². The maximum atomic E-state index is 9.28. The highest BCUT2D eigenvalue weighted by Crippen LogP contribution is 2.11. The minimum Gasteiger partial charge on any atom is -0.393 e. The Morgan fingerprint density at radius 2 is 2.15 bits per heavy atom. The van der Waals surface area contributed by atoms with Gasteiger partial charge >= 0.3 is 0 Å². The molecule has 1 atom stereocenters. The number of rotatable bonds is 3. The first kappa shape index (κ1) is 10.5. The van der Waals surface area contributed by atoms with Gasteiger partial charge in [-0.1, -0.05) is 6.92 Å². The van der Waals surface area contributed by atoms with Crippen LogP contribution in [0.2, 0.25) is 0 Å². The molecule has 0 saturated carbocycles. The van der Waals surface area contributed by atoms with Crippen molar-refractivity contribution in [3.63, 3.8) is 0 Å². The summed E-state index contributed by atoms with van der Waals surface area (Å²) in [5, 5.41) is 16.5. The molecule has 1 heterocycles. The molecule has 1 unspecified atom stereocenters. The fourth-order valence-corrected chi connectivity index (χ4v) is 1.59. The molecular formula is C9H19N3O. The van der Waals surface area contributed by atoms with Crippen LogP contribution < -0.4 is 5.73 Å². The molecule has 0 radical (unpaired) electrons. The fraction of sp³-hybridized carbons (Fsp3) is 0.889. The normalized spacial score (nSPS) is 22.9. The summed E-state index contributed by atoms with van der Waals surface area (Å²) < 4.78 is 0. The molecule has 1 aliphatic rings. The molecular weight excluding hydrogens is 166 g/mol. The van der Waals surface area contributed by atoms with Crippen molar-refractivity contribution in [2.24, 2.45) is 11.7 Å². The molecule has 1 fully saturated rings. The first-order chi connectivity index (χ1) is 6.09. The molecule has 0 spiro atoms. The van der Waals surface area contributed by atoms with E-state index in [0.717, 1.165) is 32.5 Å². The van der Waals surface area contributed by atoms with Crippen LogP contribution in [0, 0.1) is 11.3 Å². The maximum absolute atomic E-state index is 9.28. The molecule has 4 nitrogen and oxygen atoms in total. The van der Waals surface area contributed by atoms with Gasteiger partial charge in [-0.2, -0.15) is 0 Å². The summed E-state index contributed by atoms with van der Waals surface area (Å²) in [7, 11) is 0. The second kappa shape index (κ2) is 4.58. The Balaban J connectivity index is 2.26. The second-order valence-corrected chi connectivity index (χ2v) is 3.89. The van der Waals surface area contributed by atoms with Gasteiger partial charge in [0.05, 0.1) is 11.9 Å². The number of aliphatic hydroxyl groups excluding tert-OH is 1. The van der Waals surface area contributed by atoms with Gasteiger partial charge in [0.1, 0.15) is 0 Å². The van der Waals surface area contributed by atoms with E-state index in [2.05, 4.69) is 4.90 Å². The predicted molar refractivity (Wildman–Crippen MR) is 52.8 cm³/mol. The van der Waals surface area contributed by atoms with Crippen molar-refractivity contribution < 1.29 is 5.11 Å². The molecule has 0 amide bonds. The third-order valence-electron chi connectivity index (χ3n) is 2.62. The van der Waals surface area contributed by atoms with Crippen molar-refractivity contribution in [2.75, 3.05) is 19.6 Å². The summed E-state index contributed by atoms with van der Waals surface area (Å²) in [6.07, 6.45) is 1.58. The van der Waals surface area contributed by atoms with E-state index < -0.39 is 0 Å². The summed E-state index contributed by atoms with van der Waals surface area (Å²) in [5.74, 6) is 0.390. The number of likely N-dealkylation sites (tertiary alicyclic amines) is 1. The van der Waals surface area contributed by atoms with Crippen molar-refractivity contribution in [1.29, 1.82) is 5.41 Å². The molecule has 0 aliphatic carbocycles. The summed E-state index contributed by atoms with van der Waals surface area (Å²) in [6.45, 7) is 4.67. The zero-order valence-electron chi connectivity index (χ0n) is 8.16. The first-order valence-corrected chi connectivity index (χ1v) is 4.84. The zero-order chi connectivity index (χ0) is 9.84. The molecule has 1 saturated heterocycles. The summed E-state index contributed by atoms with van der Waals surface area (Å²) in [5.41, 5.74) is 5.39. The number of nitrogens with two attached hydrogens (primary N) is 1. The van der Waals surface area contributed by atoms with E-state index in [-0.39, 0.29) is 17.9 Å². The van der Waals surface area contributed by atoms with Gasteiger partial charge in [-0.05, 0) is 12.8 Å². The van der Waals surface area contributed by atoms with Crippen LogP contribution in [-0.4, -0.2) is 41.6 Å². The minimum absolute atomic E-state index is 0.121. The average molecular weight is 185 g/mol. The van der Waals surface area contributed by atoms with Gasteiger partial charge in [-0.15, -0.1) is 0 Å². The van der Waals surface area contributed by atoms with Crippen LogP contribution in [0.1, 0.15) is 19.8 Å². The topological polar surface area (TPSA) is 73.3 Å². The number of nitrogens with zero attached hydrogens (tertiary/aromatic N) is 1. The summed E-state index contributed by atoms with van der Waals surface area (Å²) >= 11 is 0. The lowest BCUT2D eigenvalue weighted by Crippen LogP contribution is -2.40. The Hall–Kier alpha value is -0.610. The van der Waals surface area contributed by atoms with Crippen LogP contribution in [0.15, 0.2) is 0 Å². The van der Waals surface area contributed by atoms with E-state index in [4.69, 9.17) is 11.1 Å². The summed E-state index contributed by atoms with van der Waals surface area (Å²) in [6, 6.07) is 0. The average Bonchev–Trinajstić information content (AvgIpc) is 2.08. The lowest BCUT2D eigenvalue weighted by Gasteiger charge is -2.31. The van der Waals surface area contributed by atoms with E-state index in [1.54, 1.807) is 0 Å². The number of piperidine rings is 1. The van der Waals surface area contributed by atoms with Crippen molar-refractivity contribution >= 4 is 5.84 Å². The lowest BCUT2D eigenvalue weighted by atomic mass is 10.1. The van der Waals surface area contributed by atoms with Crippen LogP contribution in [0.4, 0.5) is 0 Å². The molecule has 13 heavy (non-hydrogen) atoms. The molecule has 0 aromatic rings. The third kappa shape index (κ3) is 3.32. The predicted octanol–water partition coefficient (Wildman–Crippen LogP) is 0.0152. The Bertz CT molecular complexity index is 176. The van der Waals surface area contributed by atoms with Gasteiger partial charge in [0.25, 0.3) is 0 Å².